The van der Waals surface area contributed by atoms with Gasteiger partial charge in [0.1, 0.15) is 11.1 Å². The van der Waals surface area contributed by atoms with Gasteiger partial charge < -0.3 is 10.1 Å². The number of aryl methyl sites for hydroxylation is 1. The number of likely N-dealkylation sites (N-methyl/N-ethyl adjacent to an activating group) is 1. The first-order chi connectivity index (χ1) is 8.26. The molecule has 2 rings (SSSR count). The van der Waals surface area contributed by atoms with E-state index in [2.05, 4.69) is 12.2 Å². The Labute approximate surface area is 108 Å². The van der Waals surface area contributed by atoms with Gasteiger partial charge in [0, 0.05) is 23.9 Å². The van der Waals surface area contributed by atoms with Crippen LogP contribution in [0.15, 0.2) is 0 Å². The van der Waals surface area contributed by atoms with Crippen molar-refractivity contribution in [3.63, 3.8) is 0 Å². The zero-order valence-corrected chi connectivity index (χ0v) is 11.8. The molecule has 0 radical (unpaired) electrons. The number of nitrogens with one attached hydrogen (secondary N) is 1. The van der Waals surface area contributed by atoms with Gasteiger partial charge >= 0.3 is 0 Å². The fourth-order valence-corrected chi connectivity index (χ4v) is 3.66. The summed E-state index contributed by atoms with van der Waals surface area (Å²) >= 11 is 1.85. The van der Waals surface area contributed by atoms with Crippen molar-refractivity contribution in [1.82, 2.24) is 10.3 Å². The molecule has 0 saturated heterocycles. The second-order valence-electron chi connectivity index (χ2n) is 4.60. The summed E-state index contributed by atoms with van der Waals surface area (Å²) in [5, 5.41) is 4.43. The van der Waals surface area contributed by atoms with Crippen molar-refractivity contribution >= 4 is 11.3 Å². The third-order valence-corrected chi connectivity index (χ3v) is 4.59. The predicted octanol–water partition coefficient (Wildman–Crippen LogP) is 2.88. The van der Waals surface area contributed by atoms with Crippen LogP contribution >= 0.6 is 11.3 Å². The molecule has 4 heteroatoms. The van der Waals surface area contributed by atoms with E-state index in [0.717, 1.165) is 18.2 Å². The molecule has 1 aromatic heterocycles. The molecule has 0 spiro atoms. The first kappa shape index (κ1) is 13.0. The topological polar surface area (TPSA) is 34.1 Å². The number of fused-ring (bicyclic) bond motifs is 1. The molecule has 0 saturated carbocycles. The van der Waals surface area contributed by atoms with E-state index >= 15 is 0 Å². The highest BCUT2D eigenvalue weighted by Gasteiger charge is 2.25. The van der Waals surface area contributed by atoms with Crippen LogP contribution in [0.1, 0.15) is 54.3 Å². The predicted molar refractivity (Wildman–Crippen MR) is 71.8 cm³/mol. The van der Waals surface area contributed by atoms with Crippen LogP contribution < -0.4 is 5.32 Å². The van der Waals surface area contributed by atoms with Gasteiger partial charge in [0.05, 0.1) is 5.69 Å². The quantitative estimate of drug-likeness (QED) is 0.877. The second-order valence-corrected chi connectivity index (χ2v) is 5.72. The molecule has 2 atom stereocenters. The van der Waals surface area contributed by atoms with Crippen LogP contribution in [0.3, 0.4) is 0 Å². The minimum atomic E-state index is 0.144. The molecule has 96 valence electrons. The standard InChI is InChI=1S/C13H22N2OS/c1-4-16-9(2)13-15-12-10(8-14-3)6-5-7-11(12)17-13/h9-10,14H,4-8H2,1-3H3. The normalized spacial score (nSPS) is 21.2. The summed E-state index contributed by atoms with van der Waals surface area (Å²) in [6, 6.07) is 0. The minimum absolute atomic E-state index is 0.144. The van der Waals surface area contributed by atoms with Crippen molar-refractivity contribution in [3.05, 3.63) is 15.6 Å². The summed E-state index contributed by atoms with van der Waals surface area (Å²) in [5.74, 6) is 0.600. The summed E-state index contributed by atoms with van der Waals surface area (Å²) in [6.07, 6.45) is 3.90. The zero-order chi connectivity index (χ0) is 12.3. The number of nitrogens with zero attached hydrogens (tertiary/aromatic N) is 1. The Morgan fingerprint density at radius 1 is 1.59 bits per heavy atom. The third-order valence-electron chi connectivity index (χ3n) is 3.30. The van der Waals surface area contributed by atoms with E-state index < -0.39 is 0 Å². The van der Waals surface area contributed by atoms with Gasteiger partial charge in [-0.1, -0.05) is 0 Å². The minimum Gasteiger partial charge on any atom is -0.372 e. The Kier molecular flexibility index (Phi) is 4.54. The molecule has 1 aromatic rings. The molecule has 1 aliphatic carbocycles. The van der Waals surface area contributed by atoms with Gasteiger partial charge in [0.25, 0.3) is 0 Å². The number of thiazole rings is 1. The smallest absolute Gasteiger partial charge is 0.122 e. The van der Waals surface area contributed by atoms with Gasteiger partial charge in [-0.05, 0) is 40.2 Å². The Bertz CT molecular complexity index is 364. The van der Waals surface area contributed by atoms with Crippen LogP contribution in [0.25, 0.3) is 0 Å². The Hall–Kier alpha value is -0.450. The van der Waals surface area contributed by atoms with Gasteiger partial charge in [0.15, 0.2) is 0 Å². The molecular formula is C13H22N2OS. The van der Waals surface area contributed by atoms with Gasteiger partial charge in [-0.15, -0.1) is 11.3 Å². The Morgan fingerprint density at radius 3 is 3.12 bits per heavy atom. The number of rotatable bonds is 5. The summed E-state index contributed by atoms with van der Waals surface area (Å²) < 4.78 is 5.63. The lowest BCUT2D eigenvalue weighted by Gasteiger charge is -2.20. The fourth-order valence-electron chi connectivity index (χ4n) is 2.47. The monoisotopic (exact) mass is 254 g/mol. The van der Waals surface area contributed by atoms with Crippen LogP contribution in [-0.2, 0) is 11.2 Å². The van der Waals surface area contributed by atoms with Crippen LogP contribution in [0.2, 0.25) is 0 Å². The van der Waals surface area contributed by atoms with Crippen molar-refractivity contribution in [2.24, 2.45) is 0 Å². The van der Waals surface area contributed by atoms with Crippen molar-refractivity contribution in [2.75, 3.05) is 20.2 Å². The van der Waals surface area contributed by atoms with Gasteiger partial charge in [-0.25, -0.2) is 4.98 Å². The summed E-state index contributed by atoms with van der Waals surface area (Å²) in [4.78, 5) is 6.31. The van der Waals surface area contributed by atoms with Crippen molar-refractivity contribution in [3.8, 4) is 0 Å². The largest absolute Gasteiger partial charge is 0.372 e. The average molecular weight is 254 g/mol. The van der Waals surface area contributed by atoms with E-state index in [0.29, 0.717) is 5.92 Å². The van der Waals surface area contributed by atoms with Crippen molar-refractivity contribution < 1.29 is 4.74 Å². The molecule has 1 heterocycles. The molecule has 0 bridgehead atoms. The molecule has 0 fully saturated rings. The van der Waals surface area contributed by atoms with E-state index in [9.17, 15) is 0 Å². The molecule has 1 N–H and O–H groups in total. The summed E-state index contributed by atoms with van der Waals surface area (Å²) in [5.41, 5.74) is 1.33. The maximum absolute atomic E-state index is 5.63. The van der Waals surface area contributed by atoms with Crippen molar-refractivity contribution in [1.29, 1.82) is 0 Å². The van der Waals surface area contributed by atoms with Crippen LogP contribution in [0, 0.1) is 0 Å². The fraction of sp³-hybridized carbons (Fsp3) is 0.769. The Balaban J connectivity index is 2.18. The summed E-state index contributed by atoms with van der Waals surface area (Å²) in [6.45, 7) is 5.93. The molecule has 17 heavy (non-hydrogen) atoms. The molecule has 0 aliphatic heterocycles. The van der Waals surface area contributed by atoms with Gasteiger partial charge in [-0.3, -0.25) is 0 Å². The highest BCUT2D eigenvalue weighted by molar-refractivity contribution is 7.11. The lowest BCUT2D eigenvalue weighted by Crippen LogP contribution is -2.21. The highest BCUT2D eigenvalue weighted by atomic mass is 32.1. The SMILES string of the molecule is CCOC(C)c1nc2c(s1)CCCC2CNC. The highest BCUT2D eigenvalue weighted by Crippen LogP contribution is 2.36. The number of hydrogen-bond acceptors (Lipinski definition) is 4. The molecular weight excluding hydrogens is 232 g/mol. The third kappa shape index (κ3) is 2.87. The van der Waals surface area contributed by atoms with Crippen LogP contribution in [-0.4, -0.2) is 25.2 Å². The van der Waals surface area contributed by atoms with Gasteiger partial charge in [0.2, 0.25) is 0 Å². The second kappa shape index (κ2) is 5.94. The Morgan fingerprint density at radius 2 is 2.41 bits per heavy atom. The molecule has 1 aliphatic rings. The number of hydrogen-bond donors (Lipinski definition) is 1. The van der Waals surface area contributed by atoms with E-state index in [1.54, 1.807) is 0 Å². The summed E-state index contributed by atoms with van der Waals surface area (Å²) in [7, 11) is 2.02. The zero-order valence-electron chi connectivity index (χ0n) is 11.0. The lowest BCUT2D eigenvalue weighted by atomic mass is 9.91. The molecule has 3 nitrogen and oxygen atoms in total. The number of ether oxygens (including phenoxy) is 1. The van der Waals surface area contributed by atoms with E-state index in [-0.39, 0.29) is 6.10 Å². The van der Waals surface area contributed by atoms with Crippen LogP contribution in [0.5, 0.6) is 0 Å². The van der Waals surface area contributed by atoms with Gasteiger partial charge in [-0.2, -0.15) is 0 Å². The van der Waals surface area contributed by atoms with Crippen molar-refractivity contribution in [2.45, 2.75) is 45.1 Å². The van der Waals surface area contributed by atoms with Crippen LogP contribution in [0.4, 0.5) is 0 Å². The number of aromatic nitrogens is 1. The average Bonchev–Trinajstić information content (AvgIpc) is 2.75. The maximum Gasteiger partial charge on any atom is 0.122 e. The molecule has 2 unspecified atom stereocenters. The maximum atomic E-state index is 5.63. The van der Waals surface area contributed by atoms with E-state index in [1.807, 2.05) is 25.3 Å². The first-order valence-electron chi connectivity index (χ1n) is 6.52. The van der Waals surface area contributed by atoms with E-state index in [4.69, 9.17) is 9.72 Å². The first-order valence-corrected chi connectivity index (χ1v) is 7.33. The lowest BCUT2D eigenvalue weighted by molar-refractivity contribution is 0.0760. The molecule has 0 amide bonds. The molecule has 0 aromatic carbocycles. The van der Waals surface area contributed by atoms with E-state index in [1.165, 1.54) is 29.8 Å².